The summed E-state index contributed by atoms with van der Waals surface area (Å²) in [4.78, 5) is 4.41. The van der Waals surface area contributed by atoms with E-state index in [1.807, 2.05) is 12.1 Å². The number of nitrogens with one attached hydrogen (secondary N) is 1. The van der Waals surface area contributed by atoms with Gasteiger partial charge in [-0.15, -0.1) is 0 Å². The number of aromatic nitrogens is 2. The first-order valence-electron chi connectivity index (χ1n) is 6.94. The predicted molar refractivity (Wildman–Crippen MR) is 76.6 cm³/mol. The van der Waals surface area contributed by atoms with Crippen molar-refractivity contribution in [2.24, 2.45) is 5.73 Å². The van der Waals surface area contributed by atoms with Crippen molar-refractivity contribution in [3.63, 3.8) is 0 Å². The normalized spacial score (nSPS) is 16.1. The molecule has 2 aromatic rings. The second kappa shape index (κ2) is 4.74. The molecule has 0 radical (unpaired) electrons. The average Bonchev–Trinajstić information content (AvgIpc) is 3.12. The molecule has 0 aliphatic heterocycles. The van der Waals surface area contributed by atoms with Gasteiger partial charge in [-0.2, -0.15) is 4.98 Å². The summed E-state index contributed by atoms with van der Waals surface area (Å²) >= 11 is 0. The van der Waals surface area contributed by atoms with Gasteiger partial charge in [0.1, 0.15) is 11.3 Å². The molecule has 3 rings (SSSR count). The molecule has 5 nitrogen and oxygen atoms in total. The van der Waals surface area contributed by atoms with Gasteiger partial charge in [0, 0.05) is 5.56 Å². The van der Waals surface area contributed by atoms with E-state index in [0.29, 0.717) is 11.7 Å². The number of rotatable bonds is 5. The predicted octanol–water partition coefficient (Wildman–Crippen LogP) is 2.66. The van der Waals surface area contributed by atoms with E-state index >= 15 is 0 Å². The summed E-state index contributed by atoms with van der Waals surface area (Å²) in [5.41, 5.74) is 7.37. The SMILES string of the molecule is CCCc1ccc(-c2noc(C3(C(=N)N)CC3)n2)cc1. The third-order valence-electron chi connectivity index (χ3n) is 3.85. The molecule has 1 heterocycles. The van der Waals surface area contributed by atoms with Gasteiger partial charge in [0.25, 0.3) is 0 Å². The lowest BCUT2D eigenvalue weighted by Gasteiger charge is -2.05. The largest absolute Gasteiger partial charge is 0.387 e. The van der Waals surface area contributed by atoms with E-state index in [-0.39, 0.29) is 5.84 Å². The van der Waals surface area contributed by atoms with Gasteiger partial charge in [-0.25, -0.2) is 0 Å². The number of nitrogens with two attached hydrogens (primary N) is 1. The lowest BCUT2D eigenvalue weighted by atomic mass is 10.1. The van der Waals surface area contributed by atoms with Crippen LogP contribution in [0, 0.1) is 5.41 Å². The van der Waals surface area contributed by atoms with Gasteiger partial charge in [-0.3, -0.25) is 5.41 Å². The van der Waals surface area contributed by atoms with Crippen LogP contribution in [-0.4, -0.2) is 16.0 Å². The maximum absolute atomic E-state index is 7.64. The van der Waals surface area contributed by atoms with Crippen LogP contribution in [-0.2, 0) is 11.8 Å². The van der Waals surface area contributed by atoms with Gasteiger partial charge in [-0.05, 0) is 24.8 Å². The highest BCUT2D eigenvalue weighted by Crippen LogP contribution is 2.47. The Bertz CT molecular complexity index is 626. The average molecular weight is 270 g/mol. The summed E-state index contributed by atoms with van der Waals surface area (Å²) in [5, 5.41) is 11.6. The Morgan fingerprint density at radius 1 is 1.35 bits per heavy atom. The summed E-state index contributed by atoms with van der Waals surface area (Å²) in [5.74, 6) is 1.15. The lowest BCUT2D eigenvalue weighted by Crippen LogP contribution is -2.27. The van der Waals surface area contributed by atoms with E-state index < -0.39 is 5.41 Å². The van der Waals surface area contributed by atoms with Crippen molar-refractivity contribution < 1.29 is 4.52 Å². The minimum absolute atomic E-state index is 0.117. The molecule has 1 aliphatic carbocycles. The fourth-order valence-electron chi connectivity index (χ4n) is 2.37. The fourth-order valence-corrected chi connectivity index (χ4v) is 2.37. The summed E-state index contributed by atoms with van der Waals surface area (Å²) in [6.45, 7) is 2.16. The molecule has 3 N–H and O–H groups in total. The molecule has 0 atom stereocenters. The van der Waals surface area contributed by atoms with Crippen molar-refractivity contribution in [2.45, 2.75) is 38.0 Å². The van der Waals surface area contributed by atoms with Crippen molar-refractivity contribution >= 4 is 5.84 Å². The molecule has 1 saturated carbocycles. The van der Waals surface area contributed by atoms with Crippen LogP contribution < -0.4 is 5.73 Å². The van der Waals surface area contributed by atoms with Crippen molar-refractivity contribution in [1.82, 2.24) is 10.1 Å². The zero-order chi connectivity index (χ0) is 14.2. The maximum atomic E-state index is 7.64. The first-order chi connectivity index (χ1) is 9.65. The molecule has 20 heavy (non-hydrogen) atoms. The molecule has 0 bridgehead atoms. The van der Waals surface area contributed by atoms with Crippen LogP contribution in [0.3, 0.4) is 0 Å². The summed E-state index contributed by atoms with van der Waals surface area (Å²) < 4.78 is 5.30. The Kier molecular flexibility index (Phi) is 3.04. The molecule has 104 valence electrons. The van der Waals surface area contributed by atoms with E-state index in [1.54, 1.807) is 0 Å². The first kappa shape index (κ1) is 12.8. The molecule has 0 unspecified atom stereocenters. The molecule has 0 spiro atoms. The second-order valence-electron chi connectivity index (χ2n) is 5.37. The van der Waals surface area contributed by atoms with E-state index in [9.17, 15) is 0 Å². The number of hydrogen-bond acceptors (Lipinski definition) is 4. The van der Waals surface area contributed by atoms with Crippen molar-refractivity contribution in [3.8, 4) is 11.4 Å². The number of nitrogens with zero attached hydrogens (tertiary/aromatic N) is 2. The minimum Gasteiger partial charge on any atom is -0.387 e. The Morgan fingerprint density at radius 2 is 2.05 bits per heavy atom. The highest BCUT2D eigenvalue weighted by atomic mass is 16.5. The van der Waals surface area contributed by atoms with E-state index in [0.717, 1.165) is 31.2 Å². The lowest BCUT2D eigenvalue weighted by molar-refractivity contribution is 0.367. The Morgan fingerprint density at radius 3 is 2.60 bits per heavy atom. The third-order valence-corrected chi connectivity index (χ3v) is 3.85. The minimum atomic E-state index is -0.493. The topological polar surface area (TPSA) is 88.8 Å². The van der Waals surface area contributed by atoms with E-state index in [2.05, 4.69) is 29.2 Å². The summed E-state index contributed by atoms with van der Waals surface area (Å²) in [7, 11) is 0. The van der Waals surface area contributed by atoms with Crippen molar-refractivity contribution in [1.29, 1.82) is 5.41 Å². The van der Waals surface area contributed by atoms with Crippen LogP contribution in [0.5, 0.6) is 0 Å². The van der Waals surface area contributed by atoms with Crippen LogP contribution >= 0.6 is 0 Å². The van der Waals surface area contributed by atoms with Crippen LogP contribution in [0.25, 0.3) is 11.4 Å². The van der Waals surface area contributed by atoms with Gasteiger partial charge >= 0.3 is 0 Å². The Hall–Kier alpha value is -2.17. The highest BCUT2D eigenvalue weighted by molar-refractivity contribution is 5.91. The Labute approximate surface area is 117 Å². The standard InChI is InChI=1S/C15H18N4O/c1-2-3-10-4-6-11(7-5-10)12-18-14(20-19-12)15(8-9-15)13(16)17/h4-7H,2-3,8-9H2,1H3,(H3,16,17). The second-order valence-corrected chi connectivity index (χ2v) is 5.37. The van der Waals surface area contributed by atoms with E-state index in [1.165, 1.54) is 5.56 Å². The third kappa shape index (κ3) is 2.09. The monoisotopic (exact) mass is 270 g/mol. The molecule has 5 heteroatoms. The number of amidine groups is 1. The van der Waals surface area contributed by atoms with Crippen LogP contribution in [0.1, 0.15) is 37.6 Å². The first-order valence-corrected chi connectivity index (χ1v) is 6.94. The highest BCUT2D eigenvalue weighted by Gasteiger charge is 2.52. The molecule has 0 amide bonds. The van der Waals surface area contributed by atoms with Crippen LogP contribution in [0.4, 0.5) is 0 Å². The maximum Gasteiger partial charge on any atom is 0.240 e. The molecule has 1 aromatic heterocycles. The smallest absolute Gasteiger partial charge is 0.240 e. The fraction of sp³-hybridized carbons (Fsp3) is 0.400. The molecular weight excluding hydrogens is 252 g/mol. The quantitative estimate of drug-likeness (QED) is 0.645. The van der Waals surface area contributed by atoms with Gasteiger partial charge < -0.3 is 10.3 Å². The summed E-state index contributed by atoms with van der Waals surface area (Å²) in [6.07, 6.45) is 3.84. The van der Waals surface area contributed by atoms with Crippen molar-refractivity contribution in [3.05, 3.63) is 35.7 Å². The Balaban J connectivity index is 1.85. The molecular formula is C15H18N4O. The molecule has 1 fully saturated rings. The van der Waals surface area contributed by atoms with Crippen LogP contribution in [0.15, 0.2) is 28.8 Å². The number of aryl methyl sites for hydroxylation is 1. The zero-order valence-electron chi connectivity index (χ0n) is 11.5. The van der Waals surface area contributed by atoms with Crippen LogP contribution in [0.2, 0.25) is 0 Å². The van der Waals surface area contributed by atoms with E-state index in [4.69, 9.17) is 15.7 Å². The molecule has 1 aliphatic rings. The number of benzene rings is 1. The van der Waals surface area contributed by atoms with Gasteiger partial charge in [0.05, 0.1) is 0 Å². The summed E-state index contributed by atoms with van der Waals surface area (Å²) in [6, 6.07) is 8.19. The molecule has 1 aromatic carbocycles. The zero-order valence-corrected chi connectivity index (χ0v) is 11.5. The van der Waals surface area contributed by atoms with Gasteiger partial charge in [0.2, 0.25) is 11.7 Å². The van der Waals surface area contributed by atoms with Crippen molar-refractivity contribution in [2.75, 3.05) is 0 Å². The van der Waals surface area contributed by atoms with Gasteiger partial charge in [-0.1, -0.05) is 42.8 Å². The number of hydrogen-bond donors (Lipinski definition) is 2. The molecule has 0 saturated heterocycles. The van der Waals surface area contributed by atoms with Gasteiger partial charge in [0.15, 0.2) is 0 Å².